The summed E-state index contributed by atoms with van der Waals surface area (Å²) in [4.78, 5) is 19.7. The highest BCUT2D eigenvalue weighted by Gasteiger charge is 2.17. The van der Waals surface area contributed by atoms with E-state index in [0.29, 0.717) is 6.54 Å². The first-order chi connectivity index (χ1) is 9.24. The van der Waals surface area contributed by atoms with E-state index in [9.17, 15) is 4.79 Å². The molecule has 0 aliphatic heterocycles. The van der Waals surface area contributed by atoms with E-state index in [-0.39, 0.29) is 5.91 Å². The van der Waals surface area contributed by atoms with Gasteiger partial charge >= 0.3 is 0 Å². The van der Waals surface area contributed by atoms with Gasteiger partial charge in [-0.25, -0.2) is 4.98 Å². The number of carbonyl (C=O) groups excluding carboxylic acids is 1. The Morgan fingerprint density at radius 2 is 2.21 bits per heavy atom. The maximum atomic E-state index is 12.0. The molecule has 0 fully saturated rings. The zero-order chi connectivity index (χ0) is 13.2. The average molecular weight is 255 g/mol. The van der Waals surface area contributed by atoms with Crippen LogP contribution >= 0.6 is 0 Å². The monoisotopic (exact) mass is 255 g/mol. The van der Waals surface area contributed by atoms with Crippen molar-refractivity contribution in [3.63, 3.8) is 0 Å². The van der Waals surface area contributed by atoms with Crippen molar-refractivity contribution >= 4 is 16.9 Å². The van der Waals surface area contributed by atoms with Crippen LogP contribution < -0.4 is 5.32 Å². The van der Waals surface area contributed by atoms with Crippen LogP contribution in [0.4, 0.5) is 0 Å². The van der Waals surface area contributed by atoms with Crippen LogP contribution in [0, 0.1) is 0 Å². The number of para-hydroxylation sites is 2. The molecule has 1 aromatic heterocycles. The molecule has 1 aliphatic carbocycles. The van der Waals surface area contributed by atoms with E-state index in [2.05, 4.69) is 15.3 Å². The molecule has 0 atom stereocenters. The van der Waals surface area contributed by atoms with E-state index in [1.165, 1.54) is 5.57 Å². The molecule has 1 heterocycles. The number of H-pyrrole nitrogens is 1. The van der Waals surface area contributed by atoms with E-state index in [0.717, 1.165) is 41.7 Å². The number of fused-ring (bicyclic) bond motifs is 1. The molecule has 0 saturated carbocycles. The van der Waals surface area contributed by atoms with Crippen molar-refractivity contribution < 1.29 is 4.79 Å². The molecule has 2 N–H and O–H groups in total. The minimum Gasteiger partial charge on any atom is -0.345 e. The molecule has 0 saturated heterocycles. The number of hydrogen-bond donors (Lipinski definition) is 2. The van der Waals surface area contributed by atoms with Gasteiger partial charge in [-0.15, -0.1) is 0 Å². The number of nitrogens with zero attached hydrogens (tertiary/aromatic N) is 1. The second kappa shape index (κ2) is 4.88. The topological polar surface area (TPSA) is 57.8 Å². The predicted octanol–water partition coefficient (Wildman–Crippen LogP) is 2.68. The largest absolute Gasteiger partial charge is 0.345 e. The minimum absolute atomic E-state index is 0.0513. The Morgan fingerprint density at radius 3 is 2.95 bits per heavy atom. The molecule has 1 amide bonds. The molecule has 4 nitrogen and oxygen atoms in total. The average Bonchev–Trinajstić information content (AvgIpc) is 3.01. The first-order valence-corrected chi connectivity index (χ1v) is 6.64. The van der Waals surface area contributed by atoms with Crippen molar-refractivity contribution in [1.29, 1.82) is 0 Å². The lowest BCUT2D eigenvalue weighted by atomic mass is 10.1. The molecule has 98 valence electrons. The summed E-state index contributed by atoms with van der Waals surface area (Å²) < 4.78 is 0. The number of imidazole rings is 1. The lowest BCUT2D eigenvalue weighted by molar-refractivity contribution is -0.117. The molecule has 0 spiro atoms. The zero-order valence-corrected chi connectivity index (χ0v) is 11.0. The fourth-order valence-electron chi connectivity index (χ4n) is 2.56. The number of benzene rings is 1. The van der Waals surface area contributed by atoms with E-state index in [4.69, 9.17) is 0 Å². The number of carbonyl (C=O) groups is 1. The maximum absolute atomic E-state index is 12.0. The Labute approximate surface area is 111 Å². The van der Waals surface area contributed by atoms with Crippen LogP contribution in [0.3, 0.4) is 0 Å². The van der Waals surface area contributed by atoms with Crippen LogP contribution in [0.15, 0.2) is 35.4 Å². The van der Waals surface area contributed by atoms with Crippen molar-refractivity contribution in [2.24, 2.45) is 0 Å². The first kappa shape index (κ1) is 12.0. The van der Waals surface area contributed by atoms with Gasteiger partial charge in [-0.3, -0.25) is 4.79 Å². The van der Waals surface area contributed by atoms with E-state index < -0.39 is 0 Å². The lowest BCUT2D eigenvalue weighted by Crippen LogP contribution is -2.24. The van der Waals surface area contributed by atoms with Crippen molar-refractivity contribution in [3.8, 4) is 0 Å². The zero-order valence-electron chi connectivity index (χ0n) is 11.0. The van der Waals surface area contributed by atoms with Gasteiger partial charge in [0.05, 0.1) is 17.6 Å². The van der Waals surface area contributed by atoms with Crippen LogP contribution in [0.5, 0.6) is 0 Å². The van der Waals surface area contributed by atoms with Gasteiger partial charge in [-0.2, -0.15) is 0 Å². The van der Waals surface area contributed by atoms with Gasteiger partial charge in [0.2, 0.25) is 5.91 Å². The standard InChI is InChI=1S/C15H17N3O/c1-10-5-4-6-11(10)15(19)16-9-14-17-12-7-2-3-8-13(12)18-14/h2-3,7-8H,4-6,9H2,1H3,(H,16,19)(H,17,18). The molecule has 0 bridgehead atoms. The Morgan fingerprint density at radius 1 is 1.37 bits per heavy atom. The van der Waals surface area contributed by atoms with E-state index in [1.807, 2.05) is 31.2 Å². The second-order valence-electron chi connectivity index (χ2n) is 5.00. The lowest BCUT2D eigenvalue weighted by Gasteiger charge is -2.04. The van der Waals surface area contributed by atoms with Gasteiger partial charge in [0, 0.05) is 5.57 Å². The molecule has 0 unspecified atom stereocenters. The number of aromatic amines is 1. The number of amides is 1. The molecule has 19 heavy (non-hydrogen) atoms. The number of rotatable bonds is 3. The smallest absolute Gasteiger partial charge is 0.247 e. The summed E-state index contributed by atoms with van der Waals surface area (Å²) in [6, 6.07) is 7.87. The SMILES string of the molecule is CC1=C(C(=O)NCc2nc3ccccc3[nH]2)CCC1. The highest BCUT2D eigenvalue weighted by Crippen LogP contribution is 2.25. The summed E-state index contributed by atoms with van der Waals surface area (Å²) in [5.41, 5.74) is 4.12. The molecular weight excluding hydrogens is 238 g/mol. The minimum atomic E-state index is 0.0513. The summed E-state index contributed by atoms with van der Waals surface area (Å²) in [6.45, 7) is 2.49. The third kappa shape index (κ3) is 2.38. The van der Waals surface area contributed by atoms with Crippen molar-refractivity contribution in [1.82, 2.24) is 15.3 Å². The molecule has 1 aliphatic rings. The van der Waals surface area contributed by atoms with Gasteiger partial charge in [0.15, 0.2) is 0 Å². The molecule has 1 aromatic carbocycles. The summed E-state index contributed by atoms with van der Waals surface area (Å²) in [5, 5.41) is 2.94. The van der Waals surface area contributed by atoms with Gasteiger partial charge < -0.3 is 10.3 Å². The summed E-state index contributed by atoms with van der Waals surface area (Å²) in [5.74, 6) is 0.848. The Hall–Kier alpha value is -2.10. The normalized spacial score (nSPS) is 15.2. The fourth-order valence-corrected chi connectivity index (χ4v) is 2.56. The van der Waals surface area contributed by atoms with Gasteiger partial charge in [-0.05, 0) is 38.3 Å². The Bertz CT molecular complexity index is 621. The van der Waals surface area contributed by atoms with Crippen LogP contribution in [-0.4, -0.2) is 15.9 Å². The van der Waals surface area contributed by atoms with Crippen LogP contribution in [0.2, 0.25) is 0 Å². The molecular formula is C15H17N3O. The van der Waals surface area contributed by atoms with Gasteiger partial charge in [-0.1, -0.05) is 17.7 Å². The molecule has 4 heteroatoms. The van der Waals surface area contributed by atoms with Crippen molar-refractivity contribution in [2.75, 3.05) is 0 Å². The molecule has 0 radical (unpaired) electrons. The number of hydrogen-bond acceptors (Lipinski definition) is 2. The van der Waals surface area contributed by atoms with Gasteiger partial charge in [0.1, 0.15) is 5.82 Å². The summed E-state index contributed by atoms with van der Waals surface area (Å²) >= 11 is 0. The number of allylic oxidation sites excluding steroid dienone is 1. The fraction of sp³-hybridized carbons (Fsp3) is 0.333. The maximum Gasteiger partial charge on any atom is 0.247 e. The number of nitrogens with one attached hydrogen (secondary N) is 2. The molecule has 3 rings (SSSR count). The molecule has 2 aromatic rings. The highest BCUT2D eigenvalue weighted by molar-refractivity contribution is 5.94. The Kier molecular flexibility index (Phi) is 3.07. The van der Waals surface area contributed by atoms with Crippen LogP contribution in [0.25, 0.3) is 11.0 Å². The summed E-state index contributed by atoms with van der Waals surface area (Å²) in [6.07, 6.45) is 3.05. The third-order valence-electron chi connectivity index (χ3n) is 3.62. The predicted molar refractivity (Wildman–Crippen MR) is 74.5 cm³/mol. The summed E-state index contributed by atoms with van der Waals surface area (Å²) in [7, 11) is 0. The van der Waals surface area contributed by atoms with Crippen LogP contribution in [-0.2, 0) is 11.3 Å². The van der Waals surface area contributed by atoms with Crippen molar-refractivity contribution in [2.45, 2.75) is 32.7 Å². The third-order valence-corrected chi connectivity index (χ3v) is 3.62. The van der Waals surface area contributed by atoms with E-state index in [1.54, 1.807) is 0 Å². The first-order valence-electron chi connectivity index (χ1n) is 6.64. The van der Waals surface area contributed by atoms with Crippen molar-refractivity contribution in [3.05, 3.63) is 41.2 Å². The number of aromatic nitrogens is 2. The van der Waals surface area contributed by atoms with Gasteiger partial charge in [0.25, 0.3) is 0 Å². The van der Waals surface area contributed by atoms with E-state index >= 15 is 0 Å². The Balaban J connectivity index is 1.69. The van der Waals surface area contributed by atoms with Crippen LogP contribution in [0.1, 0.15) is 32.0 Å². The second-order valence-corrected chi connectivity index (χ2v) is 5.00. The quantitative estimate of drug-likeness (QED) is 0.886. The highest BCUT2D eigenvalue weighted by atomic mass is 16.1.